The number of amides is 1. The standard InChI is InChI=1S/C11H22N2OS.ClH/c1-8(2)9(12)10(14)13-7-11(3)5-4-6-15-11;/h8-9H,4-7,12H2,1-3H3,(H,13,14);1H. The third kappa shape index (κ3) is 4.52. The third-order valence-electron chi connectivity index (χ3n) is 2.96. The van der Waals surface area contributed by atoms with Crippen LogP contribution in [0.2, 0.25) is 0 Å². The lowest BCUT2D eigenvalue weighted by Gasteiger charge is -2.24. The zero-order valence-electron chi connectivity index (χ0n) is 10.3. The Hall–Kier alpha value is 0.0700. The zero-order valence-corrected chi connectivity index (χ0v) is 11.9. The highest BCUT2D eigenvalue weighted by molar-refractivity contribution is 8.00. The van der Waals surface area contributed by atoms with E-state index in [1.165, 1.54) is 18.6 Å². The van der Waals surface area contributed by atoms with Crippen molar-refractivity contribution in [2.75, 3.05) is 12.3 Å². The molecule has 0 aromatic carbocycles. The van der Waals surface area contributed by atoms with Crippen LogP contribution in [0.4, 0.5) is 0 Å². The van der Waals surface area contributed by atoms with Crippen LogP contribution in [0.1, 0.15) is 33.6 Å². The van der Waals surface area contributed by atoms with E-state index in [9.17, 15) is 4.79 Å². The lowest BCUT2D eigenvalue weighted by molar-refractivity contribution is -0.123. The molecule has 0 radical (unpaired) electrons. The molecular weight excluding hydrogens is 244 g/mol. The molecule has 2 atom stereocenters. The predicted molar refractivity (Wildman–Crippen MR) is 73.2 cm³/mol. The van der Waals surface area contributed by atoms with Gasteiger partial charge in [0.05, 0.1) is 6.04 Å². The van der Waals surface area contributed by atoms with Gasteiger partial charge in [-0.1, -0.05) is 13.8 Å². The fraction of sp³-hybridized carbons (Fsp3) is 0.909. The highest BCUT2D eigenvalue weighted by atomic mass is 35.5. The molecule has 0 saturated carbocycles. The van der Waals surface area contributed by atoms with Crippen LogP contribution in [0.3, 0.4) is 0 Å². The Kier molecular flexibility index (Phi) is 6.75. The van der Waals surface area contributed by atoms with Gasteiger partial charge in [0.2, 0.25) is 5.91 Å². The summed E-state index contributed by atoms with van der Waals surface area (Å²) >= 11 is 1.95. The lowest BCUT2D eigenvalue weighted by Crippen LogP contribution is -2.47. The Labute approximate surface area is 109 Å². The molecule has 1 fully saturated rings. The number of hydrogen-bond donors (Lipinski definition) is 2. The summed E-state index contributed by atoms with van der Waals surface area (Å²) in [6, 6.07) is -0.375. The molecule has 0 spiro atoms. The molecule has 0 aromatic rings. The first kappa shape index (κ1) is 16.1. The van der Waals surface area contributed by atoms with Gasteiger partial charge in [0.25, 0.3) is 0 Å². The van der Waals surface area contributed by atoms with Gasteiger partial charge in [0.15, 0.2) is 0 Å². The summed E-state index contributed by atoms with van der Waals surface area (Å²) in [6.07, 6.45) is 2.45. The Balaban J connectivity index is 0.00000225. The van der Waals surface area contributed by atoms with E-state index >= 15 is 0 Å². The molecule has 0 aromatic heterocycles. The van der Waals surface area contributed by atoms with Crippen molar-refractivity contribution in [2.24, 2.45) is 11.7 Å². The average Bonchev–Trinajstić information content (AvgIpc) is 2.61. The number of nitrogens with two attached hydrogens (primary N) is 1. The summed E-state index contributed by atoms with van der Waals surface area (Å²) in [6.45, 7) is 6.90. The largest absolute Gasteiger partial charge is 0.353 e. The Morgan fingerprint density at radius 3 is 2.62 bits per heavy atom. The molecule has 3 nitrogen and oxygen atoms in total. The van der Waals surface area contributed by atoms with Crippen molar-refractivity contribution in [1.29, 1.82) is 0 Å². The number of carbonyl (C=O) groups excluding carboxylic acids is 1. The number of hydrogen-bond acceptors (Lipinski definition) is 3. The molecule has 0 bridgehead atoms. The number of rotatable bonds is 4. The molecule has 16 heavy (non-hydrogen) atoms. The number of halogens is 1. The summed E-state index contributed by atoms with van der Waals surface area (Å²) in [5.41, 5.74) is 5.77. The van der Waals surface area contributed by atoms with Gasteiger partial charge in [-0.2, -0.15) is 11.8 Å². The van der Waals surface area contributed by atoms with Crippen LogP contribution in [0.5, 0.6) is 0 Å². The summed E-state index contributed by atoms with van der Waals surface area (Å²) in [5, 5.41) is 2.96. The Morgan fingerprint density at radius 1 is 1.56 bits per heavy atom. The van der Waals surface area contributed by atoms with E-state index in [2.05, 4.69) is 12.2 Å². The SMILES string of the molecule is CC(C)C(N)C(=O)NCC1(C)CCCS1.Cl. The lowest BCUT2D eigenvalue weighted by atomic mass is 10.0. The molecule has 5 heteroatoms. The van der Waals surface area contributed by atoms with E-state index in [1.54, 1.807) is 0 Å². The molecule has 1 rings (SSSR count). The van der Waals surface area contributed by atoms with E-state index in [1.807, 2.05) is 25.6 Å². The van der Waals surface area contributed by atoms with Crippen molar-refractivity contribution in [2.45, 2.75) is 44.4 Å². The maximum Gasteiger partial charge on any atom is 0.237 e. The molecule has 3 N–H and O–H groups in total. The summed E-state index contributed by atoms with van der Waals surface area (Å²) in [5.74, 6) is 1.40. The minimum Gasteiger partial charge on any atom is -0.353 e. The fourth-order valence-corrected chi connectivity index (χ4v) is 2.92. The molecule has 1 saturated heterocycles. The molecular formula is C11H23ClN2OS. The van der Waals surface area contributed by atoms with Gasteiger partial charge in [-0.3, -0.25) is 4.79 Å². The van der Waals surface area contributed by atoms with Crippen molar-refractivity contribution >= 4 is 30.1 Å². The number of nitrogens with one attached hydrogen (secondary N) is 1. The first-order chi connectivity index (χ1) is 6.94. The first-order valence-corrected chi connectivity index (χ1v) is 6.60. The normalized spacial score (nSPS) is 26.3. The second-order valence-corrected chi connectivity index (χ2v) is 6.57. The highest BCUT2D eigenvalue weighted by Gasteiger charge is 2.30. The van der Waals surface area contributed by atoms with Crippen LogP contribution in [-0.4, -0.2) is 29.0 Å². The van der Waals surface area contributed by atoms with Gasteiger partial charge >= 0.3 is 0 Å². The van der Waals surface area contributed by atoms with E-state index in [0.29, 0.717) is 0 Å². The maximum absolute atomic E-state index is 11.6. The Morgan fingerprint density at radius 2 is 2.19 bits per heavy atom. The van der Waals surface area contributed by atoms with Gasteiger partial charge in [0.1, 0.15) is 0 Å². The summed E-state index contributed by atoms with van der Waals surface area (Å²) < 4.78 is 0.229. The molecule has 1 heterocycles. The molecule has 1 aliphatic rings. The van der Waals surface area contributed by atoms with Gasteiger partial charge in [-0.25, -0.2) is 0 Å². The molecule has 2 unspecified atom stereocenters. The van der Waals surface area contributed by atoms with Gasteiger partial charge in [-0.15, -0.1) is 12.4 Å². The third-order valence-corrected chi connectivity index (χ3v) is 4.50. The van der Waals surface area contributed by atoms with E-state index in [0.717, 1.165) is 6.54 Å². The second kappa shape index (κ2) is 6.72. The topological polar surface area (TPSA) is 55.1 Å². The predicted octanol–water partition coefficient (Wildman–Crippen LogP) is 1.79. The fourth-order valence-electron chi connectivity index (χ4n) is 1.67. The van der Waals surface area contributed by atoms with Crippen molar-refractivity contribution in [3.05, 3.63) is 0 Å². The van der Waals surface area contributed by atoms with Gasteiger partial charge in [-0.05, 0) is 31.4 Å². The minimum absolute atomic E-state index is 0. The van der Waals surface area contributed by atoms with Crippen LogP contribution in [0, 0.1) is 5.92 Å². The van der Waals surface area contributed by atoms with Crippen molar-refractivity contribution in [3.8, 4) is 0 Å². The number of carbonyl (C=O) groups is 1. The van der Waals surface area contributed by atoms with Crippen molar-refractivity contribution in [1.82, 2.24) is 5.32 Å². The average molecular weight is 267 g/mol. The minimum atomic E-state index is -0.375. The highest BCUT2D eigenvalue weighted by Crippen LogP contribution is 2.36. The first-order valence-electron chi connectivity index (χ1n) is 5.62. The monoisotopic (exact) mass is 266 g/mol. The molecule has 1 amide bonds. The van der Waals surface area contributed by atoms with E-state index < -0.39 is 0 Å². The van der Waals surface area contributed by atoms with Gasteiger partial charge < -0.3 is 11.1 Å². The van der Waals surface area contributed by atoms with E-state index in [4.69, 9.17) is 5.73 Å². The summed E-state index contributed by atoms with van der Waals surface area (Å²) in [4.78, 5) is 11.6. The maximum atomic E-state index is 11.6. The molecule has 0 aliphatic carbocycles. The molecule has 1 aliphatic heterocycles. The van der Waals surface area contributed by atoms with Crippen LogP contribution in [-0.2, 0) is 4.79 Å². The summed E-state index contributed by atoms with van der Waals surface area (Å²) in [7, 11) is 0. The second-order valence-electron chi connectivity index (χ2n) is 4.89. The van der Waals surface area contributed by atoms with Gasteiger partial charge in [0, 0.05) is 11.3 Å². The van der Waals surface area contributed by atoms with Crippen LogP contribution >= 0.6 is 24.2 Å². The smallest absolute Gasteiger partial charge is 0.237 e. The quantitative estimate of drug-likeness (QED) is 0.816. The van der Waals surface area contributed by atoms with E-state index in [-0.39, 0.29) is 35.0 Å². The number of thioether (sulfide) groups is 1. The Bertz CT molecular complexity index is 230. The van der Waals surface area contributed by atoms with Crippen LogP contribution in [0.25, 0.3) is 0 Å². The van der Waals surface area contributed by atoms with Crippen LogP contribution < -0.4 is 11.1 Å². The van der Waals surface area contributed by atoms with Crippen molar-refractivity contribution in [3.63, 3.8) is 0 Å². The van der Waals surface area contributed by atoms with Crippen LogP contribution in [0.15, 0.2) is 0 Å². The van der Waals surface area contributed by atoms with Crippen molar-refractivity contribution < 1.29 is 4.79 Å². The molecule has 96 valence electrons. The zero-order chi connectivity index (χ0) is 11.5.